The molecule has 0 spiro atoms. The van der Waals surface area contributed by atoms with Crippen LogP contribution in [0, 0.1) is 0 Å². The molecule has 0 saturated heterocycles. The van der Waals surface area contributed by atoms with E-state index in [1.807, 2.05) is 36.6 Å². The van der Waals surface area contributed by atoms with E-state index in [0.29, 0.717) is 5.75 Å². The molecule has 1 aliphatic rings. The summed E-state index contributed by atoms with van der Waals surface area (Å²) in [5, 5.41) is 26.1. The predicted octanol–water partition coefficient (Wildman–Crippen LogP) is 0.780. The summed E-state index contributed by atoms with van der Waals surface area (Å²) >= 11 is 1.49. The second-order valence-corrected chi connectivity index (χ2v) is 9.02. The maximum Gasteiger partial charge on any atom is 0.255 e. The van der Waals surface area contributed by atoms with Crippen LogP contribution in [-0.2, 0) is 16.0 Å². The van der Waals surface area contributed by atoms with Crippen molar-refractivity contribution in [3.63, 3.8) is 0 Å². The third-order valence-electron chi connectivity index (χ3n) is 5.75. The first kappa shape index (κ1) is 26.3. The van der Waals surface area contributed by atoms with Crippen molar-refractivity contribution in [2.75, 3.05) is 13.4 Å². The Morgan fingerprint density at radius 2 is 1.86 bits per heavy atom. The number of benzene rings is 2. The molecule has 3 amide bonds. The number of thioether (sulfide) groups is 1. The Kier molecular flexibility index (Phi) is 8.91. The van der Waals surface area contributed by atoms with Crippen molar-refractivity contribution in [1.82, 2.24) is 10.6 Å². The zero-order chi connectivity index (χ0) is 25.5. The molecular formula is C25H29N3O6S. The van der Waals surface area contributed by atoms with Crippen molar-refractivity contribution in [2.24, 2.45) is 5.73 Å². The molecule has 10 heteroatoms. The topological polar surface area (TPSA) is 151 Å². The summed E-state index contributed by atoms with van der Waals surface area (Å²) in [5.74, 6) is -1.50. The molecule has 35 heavy (non-hydrogen) atoms. The number of primary amides is 1. The smallest absolute Gasteiger partial charge is 0.255 e. The van der Waals surface area contributed by atoms with Crippen LogP contribution in [0.25, 0.3) is 0 Å². The largest absolute Gasteiger partial charge is 0.496 e. The molecule has 1 aliphatic carbocycles. The number of amides is 3. The van der Waals surface area contributed by atoms with E-state index >= 15 is 0 Å². The summed E-state index contributed by atoms with van der Waals surface area (Å²) in [7, 11) is 1.45. The summed E-state index contributed by atoms with van der Waals surface area (Å²) in [4.78, 5) is 38.7. The van der Waals surface area contributed by atoms with Crippen LogP contribution in [0.4, 0.5) is 0 Å². The molecule has 0 fully saturated rings. The van der Waals surface area contributed by atoms with Gasteiger partial charge in [-0.1, -0.05) is 36.4 Å². The lowest BCUT2D eigenvalue weighted by Crippen LogP contribution is -2.52. The Morgan fingerprint density at radius 1 is 1.14 bits per heavy atom. The molecule has 186 valence electrons. The molecule has 6 N–H and O–H groups in total. The molecule has 0 heterocycles. The second-order valence-electron chi connectivity index (χ2n) is 8.14. The van der Waals surface area contributed by atoms with Crippen LogP contribution in [-0.4, -0.2) is 65.6 Å². The molecule has 4 unspecified atom stereocenters. The number of nitrogens with one attached hydrogen (secondary N) is 2. The molecule has 2 aromatic carbocycles. The number of aliphatic hydroxyl groups is 2. The molecule has 0 saturated carbocycles. The maximum absolute atomic E-state index is 12.9. The van der Waals surface area contributed by atoms with E-state index in [1.165, 1.54) is 24.9 Å². The monoisotopic (exact) mass is 499 g/mol. The van der Waals surface area contributed by atoms with Gasteiger partial charge in [0.05, 0.1) is 24.8 Å². The summed E-state index contributed by atoms with van der Waals surface area (Å²) in [6.07, 6.45) is 0.701. The lowest BCUT2D eigenvalue weighted by Gasteiger charge is -2.31. The Bertz CT molecular complexity index is 1110. The van der Waals surface area contributed by atoms with Crippen molar-refractivity contribution < 1.29 is 29.3 Å². The normalized spacial score (nSPS) is 20.3. The van der Waals surface area contributed by atoms with Gasteiger partial charge in [0.1, 0.15) is 17.9 Å². The van der Waals surface area contributed by atoms with Gasteiger partial charge in [-0.15, -0.1) is 11.8 Å². The van der Waals surface area contributed by atoms with Crippen molar-refractivity contribution in [3.05, 3.63) is 71.3 Å². The summed E-state index contributed by atoms with van der Waals surface area (Å²) in [6.45, 7) is 0. The quantitative estimate of drug-likeness (QED) is 0.320. The van der Waals surface area contributed by atoms with E-state index in [2.05, 4.69) is 10.6 Å². The Hall–Kier alpha value is -3.34. The number of carbonyl (C=O) groups excluding carboxylic acids is 3. The minimum Gasteiger partial charge on any atom is -0.496 e. The van der Waals surface area contributed by atoms with Gasteiger partial charge in [-0.2, -0.15) is 0 Å². The number of hydrogen-bond acceptors (Lipinski definition) is 7. The molecule has 4 atom stereocenters. The third-order valence-corrected chi connectivity index (χ3v) is 6.47. The van der Waals surface area contributed by atoms with Gasteiger partial charge in [0, 0.05) is 23.3 Å². The Labute approximate surface area is 207 Å². The Balaban J connectivity index is 1.77. The highest BCUT2D eigenvalue weighted by Crippen LogP contribution is 2.26. The maximum atomic E-state index is 12.9. The fourth-order valence-electron chi connectivity index (χ4n) is 3.80. The van der Waals surface area contributed by atoms with Gasteiger partial charge in [0.2, 0.25) is 11.8 Å². The Morgan fingerprint density at radius 3 is 2.49 bits per heavy atom. The number of carbonyl (C=O) groups is 3. The molecule has 0 aromatic heterocycles. The molecule has 2 aromatic rings. The average Bonchev–Trinajstić information content (AvgIpc) is 2.86. The second kappa shape index (κ2) is 11.9. The first-order valence-electron chi connectivity index (χ1n) is 11.0. The number of hydrogen-bond donors (Lipinski definition) is 5. The summed E-state index contributed by atoms with van der Waals surface area (Å²) in [6, 6.07) is 12.2. The number of aliphatic hydroxyl groups excluding tert-OH is 2. The summed E-state index contributed by atoms with van der Waals surface area (Å²) < 4.78 is 5.31. The first-order chi connectivity index (χ1) is 16.7. The molecule has 3 rings (SSSR count). The van der Waals surface area contributed by atoms with Gasteiger partial charge in [-0.05, 0) is 30.0 Å². The number of nitrogens with two attached hydrogens (primary N) is 1. The molecule has 9 nitrogen and oxygen atoms in total. The predicted molar refractivity (Wildman–Crippen MR) is 132 cm³/mol. The molecule has 0 bridgehead atoms. The standard InChI is InChI=1S/C25H29N3O6S/c1-34-21-13-16(35-2)8-9-17(21)25(33)27-18-11-15(12-20(29)22(18)30)24(32)28-19(23(26)31)10-14-6-4-3-5-7-14/h3-9,11,13,18-20,22,29-30H,10,12H2,1-2H3,(H2,26,31)(H,27,33)(H,28,32). The van der Waals surface area contributed by atoms with Gasteiger partial charge in [-0.25, -0.2) is 0 Å². The van der Waals surface area contributed by atoms with Crippen molar-refractivity contribution in [1.29, 1.82) is 0 Å². The van der Waals surface area contributed by atoms with Crippen LogP contribution in [0.2, 0.25) is 0 Å². The van der Waals surface area contributed by atoms with Gasteiger partial charge in [0.25, 0.3) is 5.91 Å². The highest BCUT2D eigenvalue weighted by molar-refractivity contribution is 7.98. The van der Waals surface area contributed by atoms with Crippen LogP contribution >= 0.6 is 11.8 Å². The van der Waals surface area contributed by atoms with Crippen molar-refractivity contribution >= 4 is 29.5 Å². The van der Waals surface area contributed by atoms with Gasteiger partial charge < -0.3 is 31.3 Å². The SMILES string of the molecule is COc1cc(SC)ccc1C(=O)NC1C=C(C(=O)NC(Cc2ccccc2)C(N)=O)CC(O)C1O. The molecular weight excluding hydrogens is 470 g/mol. The van der Waals surface area contributed by atoms with E-state index in [4.69, 9.17) is 10.5 Å². The number of methoxy groups -OCH3 is 1. The fourth-order valence-corrected chi connectivity index (χ4v) is 4.23. The van der Waals surface area contributed by atoms with E-state index in [-0.39, 0.29) is 24.0 Å². The van der Waals surface area contributed by atoms with E-state index < -0.39 is 42.0 Å². The highest BCUT2D eigenvalue weighted by atomic mass is 32.2. The lowest BCUT2D eigenvalue weighted by molar-refractivity contribution is -0.125. The van der Waals surface area contributed by atoms with Crippen LogP contribution in [0.15, 0.2) is 65.1 Å². The van der Waals surface area contributed by atoms with Gasteiger partial charge in [0.15, 0.2) is 0 Å². The van der Waals surface area contributed by atoms with Gasteiger partial charge in [-0.3, -0.25) is 14.4 Å². The van der Waals surface area contributed by atoms with E-state index in [1.54, 1.807) is 18.2 Å². The lowest BCUT2D eigenvalue weighted by atomic mass is 9.89. The molecule has 0 aliphatic heterocycles. The minimum absolute atomic E-state index is 0.122. The minimum atomic E-state index is -1.33. The van der Waals surface area contributed by atoms with Gasteiger partial charge >= 0.3 is 0 Å². The van der Waals surface area contributed by atoms with Crippen LogP contribution < -0.4 is 21.1 Å². The van der Waals surface area contributed by atoms with E-state index in [9.17, 15) is 24.6 Å². The number of ether oxygens (including phenoxy) is 1. The van der Waals surface area contributed by atoms with Crippen molar-refractivity contribution in [2.45, 2.75) is 42.0 Å². The van der Waals surface area contributed by atoms with E-state index in [0.717, 1.165) is 10.5 Å². The third kappa shape index (κ3) is 6.62. The first-order valence-corrected chi connectivity index (χ1v) is 12.2. The number of rotatable bonds is 9. The average molecular weight is 500 g/mol. The van der Waals surface area contributed by atoms with Crippen LogP contribution in [0.1, 0.15) is 22.3 Å². The van der Waals surface area contributed by atoms with Crippen LogP contribution in [0.3, 0.4) is 0 Å². The van der Waals surface area contributed by atoms with Crippen molar-refractivity contribution in [3.8, 4) is 5.75 Å². The zero-order valence-electron chi connectivity index (χ0n) is 19.4. The fraction of sp³-hybridized carbons (Fsp3) is 0.320. The summed E-state index contributed by atoms with van der Waals surface area (Å²) in [5.41, 5.74) is 6.67. The molecule has 0 radical (unpaired) electrons. The zero-order valence-corrected chi connectivity index (χ0v) is 20.2. The van der Waals surface area contributed by atoms with Crippen LogP contribution in [0.5, 0.6) is 5.75 Å². The highest BCUT2D eigenvalue weighted by Gasteiger charge is 2.35.